The van der Waals surface area contributed by atoms with Crippen LogP contribution >= 0.6 is 0 Å². The first-order valence-electron chi connectivity index (χ1n) is 1.91. The fourth-order valence-electron chi connectivity index (χ4n) is 0. The maximum absolute atomic E-state index is 9.08. The molecular weight excluding hydrogens is 116 g/mol. The molecule has 0 unspecified atom stereocenters. The molecule has 0 aliphatic rings. The van der Waals surface area contributed by atoms with E-state index in [1.54, 1.807) is 0 Å². The Labute approximate surface area is 44.1 Å². The van der Waals surface area contributed by atoms with E-state index in [1.807, 2.05) is 13.8 Å². The molecule has 0 bridgehead atoms. The van der Waals surface area contributed by atoms with Gasteiger partial charge in [0.2, 0.25) is 0 Å². The summed E-state index contributed by atoms with van der Waals surface area (Å²) >= 11 is 0. The maximum Gasteiger partial charge on any atom is 0.291 e. The molecule has 0 aliphatic carbocycles. The number of rotatable bonds is 0. The van der Waals surface area contributed by atoms with Crippen molar-refractivity contribution in [2.75, 3.05) is 6.26 Å². The summed E-state index contributed by atoms with van der Waals surface area (Å²) in [4.78, 5) is 0. The lowest BCUT2D eigenvalue weighted by molar-refractivity contribution is 0.420. The first kappa shape index (κ1) is 10.0. The number of hydrogen-bond donors (Lipinski definition) is 0. The predicted octanol–water partition coefficient (Wildman–Crippen LogP) is 0.403. The average Bonchev–Trinajstić information content (AvgIpc) is 1.36. The van der Waals surface area contributed by atoms with Gasteiger partial charge in [-0.3, -0.25) is 0 Å². The quantitative estimate of drug-likeness (QED) is 0.470. The summed E-state index contributed by atoms with van der Waals surface area (Å²) in [5.41, 5.74) is 0. The Balaban J connectivity index is 0. The highest BCUT2D eigenvalue weighted by Crippen LogP contribution is 1.63. The maximum atomic E-state index is 9.08. The van der Waals surface area contributed by atoms with Gasteiger partial charge in [-0.1, -0.05) is 18.4 Å². The van der Waals surface area contributed by atoms with E-state index in [0.29, 0.717) is 6.26 Å². The summed E-state index contributed by atoms with van der Waals surface area (Å²) in [5, 5.41) is 0. The van der Waals surface area contributed by atoms with Gasteiger partial charge in [0, 0.05) is 0 Å². The van der Waals surface area contributed by atoms with E-state index >= 15 is 0 Å². The molecule has 0 N–H and O–H groups in total. The van der Waals surface area contributed by atoms with Crippen LogP contribution < -0.4 is 0 Å². The molecule has 0 aromatic rings. The van der Waals surface area contributed by atoms with Crippen LogP contribution in [0.4, 0.5) is 0 Å². The minimum atomic E-state index is -3.92. The van der Waals surface area contributed by atoms with Crippen LogP contribution in [0.25, 0.3) is 0 Å². The van der Waals surface area contributed by atoms with Gasteiger partial charge in [0.05, 0.1) is 6.26 Å². The van der Waals surface area contributed by atoms with Gasteiger partial charge in [-0.05, 0) is 0 Å². The molecule has 4 heteroatoms. The zero-order chi connectivity index (χ0) is 6.50. The minimum Gasteiger partial charge on any atom is -0.197 e. The van der Waals surface area contributed by atoms with E-state index in [9.17, 15) is 0 Å². The molecule has 0 fully saturated rings. The molecule has 0 rings (SSSR count). The van der Waals surface area contributed by atoms with Crippen LogP contribution in [-0.2, 0) is 14.7 Å². The SMILES string of the molecule is CC.CS([O])(=O)=O. The van der Waals surface area contributed by atoms with Crippen molar-refractivity contribution in [1.82, 2.24) is 0 Å². The molecule has 0 amide bonds. The summed E-state index contributed by atoms with van der Waals surface area (Å²) in [6.45, 7) is 4.00. The largest absolute Gasteiger partial charge is 0.291 e. The smallest absolute Gasteiger partial charge is 0.197 e. The van der Waals surface area contributed by atoms with Gasteiger partial charge in [-0.2, -0.15) is 8.42 Å². The Morgan fingerprint density at radius 1 is 1.14 bits per heavy atom. The van der Waals surface area contributed by atoms with Crippen LogP contribution in [0.5, 0.6) is 0 Å². The third kappa shape index (κ3) is 11200. The average molecular weight is 125 g/mol. The molecule has 0 aromatic carbocycles. The minimum absolute atomic E-state index is 0.604. The highest BCUT2D eigenvalue weighted by Gasteiger charge is 1.85. The summed E-state index contributed by atoms with van der Waals surface area (Å²) in [6, 6.07) is 0. The molecule has 0 atom stereocenters. The standard InChI is InChI=1S/C2H6.CH3O3S/c1-2;1-5(2,3)4/h1-2H3;1H3. The van der Waals surface area contributed by atoms with E-state index in [2.05, 4.69) is 0 Å². The van der Waals surface area contributed by atoms with E-state index in [1.165, 1.54) is 0 Å². The Bertz CT molecular complexity index is 93.3. The number of hydrogen-bond acceptors (Lipinski definition) is 2. The van der Waals surface area contributed by atoms with Crippen molar-refractivity contribution in [2.24, 2.45) is 0 Å². The van der Waals surface area contributed by atoms with Crippen molar-refractivity contribution in [2.45, 2.75) is 13.8 Å². The van der Waals surface area contributed by atoms with E-state index in [-0.39, 0.29) is 0 Å². The lowest BCUT2D eigenvalue weighted by Crippen LogP contribution is -1.85. The fourth-order valence-corrected chi connectivity index (χ4v) is 0. The second-order valence-corrected chi connectivity index (χ2v) is 2.11. The summed E-state index contributed by atoms with van der Waals surface area (Å²) in [5.74, 6) is 0. The molecule has 0 aliphatic heterocycles. The lowest BCUT2D eigenvalue weighted by atomic mass is 11.0. The molecule has 0 spiro atoms. The molecule has 3 nitrogen and oxygen atoms in total. The first-order valence-corrected chi connectivity index (χ1v) is 3.72. The molecule has 1 radical (unpaired) electrons. The highest BCUT2D eigenvalue weighted by molar-refractivity contribution is 7.84. The fraction of sp³-hybridized carbons (Fsp3) is 1.00. The second kappa shape index (κ2) is 4.08. The topological polar surface area (TPSA) is 54.0 Å². The Hall–Kier alpha value is -0.0900. The molecular formula is C3H9O3S. The Kier molecular flexibility index (Phi) is 5.83. The Morgan fingerprint density at radius 2 is 1.14 bits per heavy atom. The van der Waals surface area contributed by atoms with Gasteiger partial charge in [0.1, 0.15) is 0 Å². The van der Waals surface area contributed by atoms with Crippen molar-refractivity contribution in [3.8, 4) is 0 Å². The van der Waals surface area contributed by atoms with E-state index < -0.39 is 10.1 Å². The van der Waals surface area contributed by atoms with Gasteiger partial charge < -0.3 is 0 Å². The van der Waals surface area contributed by atoms with Gasteiger partial charge >= 0.3 is 0 Å². The van der Waals surface area contributed by atoms with Crippen LogP contribution in [0.2, 0.25) is 0 Å². The van der Waals surface area contributed by atoms with Crippen LogP contribution in [-0.4, -0.2) is 14.7 Å². The van der Waals surface area contributed by atoms with Crippen LogP contribution in [0.1, 0.15) is 13.8 Å². The third-order valence-electron chi connectivity index (χ3n) is 0. The van der Waals surface area contributed by atoms with Crippen LogP contribution in [0.3, 0.4) is 0 Å². The summed E-state index contributed by atoms with van der Waals surface area (Å²) < 4.78 is 27.2. The van der Waals surface area contributed by atoms with Crippen molar-refractivity contribution >= 4 is 10.1 Å². The molecule has 0 aromatic heterocycles. The van der Waals surface area contributed by atoms with E-state index in [0.717, 1.165) is 0 Å². The van der Waals surface area contributed by atoms with Gasteiger partial charge in [0.25, 0.3) is 10.1 Å². The van der Waals surface area contributed by atoms with Crippen LogP contribution in [0.15, 0.2) is 0 Å². The predicted molar refractivity (Wildman–Crippen MR) is 26.9 cm³/mol. The summed E-state index contributed by atoms with van der Waals surface area (Å²) in [7, 11) is -3.92. The van der Waals surface area contributed by atoms with Crippen LogP contribution in [0, 0.1) is 0 Å². The van der Waals surface area contributed by atoms with E-state index in [4.69, 9.17) is 13.0 Å². The zero-order valence-electron chi connectivity index (χ0n) is 4.63. The van der Waals surface area contributed by atoms with Gasteiger partial charge in [-0.15, -0.1) is 0 Å². The third-order valence-corrected chi connectivity index (χ3v) is 0. The van der Waals surface area contributed by atoms with Gasteiger partial charge in [-0.25, -0.2) is 0 Å². The monoisotopic (exact) mass is 125 g/mol. The Morgan fingerprint density at radius 3 is 1.14 bits per heavy atom. The molecule has 0 heterocycles. The lowest BCUT2D eigenvalue weighted by Gasteiger charge is -1.64. The molecule has 7 heavy (non-hydrogen) atoms. The molecule has 45 valence electrons. The molecule has 0 saturated heterocycles. The first-order chi connectivity index (χ1) is 3.00. The highest BCUT2D eigenvalue weighted by atomic mass is 32.2. The van der Waals surface area contributed by atoms with Gasteiger partial charge in [0.15, 0.2) is 0 Å². The van der Waals surface area contributed by atoms with Crippen molar-refractivity contribution in [1.29, 1.82) is 0 Å². The van der Waals surface area contributed by atoms with Crippen molar-refractivity contribution in [3.05, 3.63) is 0 Å². The van der Waals surface area contributed by atoms with Crippen molar-refractivity contribution in [3.63, 3.8) is 0 Å². The summed E-state index contributed by atoms with van der Waals surface area (Å²) in [6.07, 6.45) is 0.604. The zero-order valence-corrected chi connectivity index (χ0v) is 5.45. The van der Waals surface area contributed by atoms with Crippen molar-refractivity contribution < 1.29 is 13.0 Å². The molecule has 0 saturated carbocycles. The second-order valence-electron chi connectivity index (χ2n) is 0.704. The normalized spacial score (nSPS) is 9.14.